The second-order valence-electron chi connectivity index (χ2n) is 10.5. The second-order valence-corrected chi connectivity index (χ2v) is 10.5. The van der Waals surface area contributed by atoms with Gasteiger partial charge in [-0.15, -0.1) is 0 Å². The van der Waals surface area contributed by atoms with Gasteiger partial charge in [-0.05, 0) is 30.7 Å². The van der Waals surface area contributed by atoms with Gasteiger partial charge in [0.15, 0.2) is 5.69 Å². The molecule has 5 heterocycles. The van der Waals surface area contributed by atoms with E-state index in [-0.39, 0.29) is 47.6 Å². The molecule has 2 atom stereocenters. The molecule has 0 unspecified atom stereocenters. The number of benzene rings is 1. The number of imidazole rings is 1. The van der Waals surface area contributed by atoms with E-state index >= 15 is 0 Å². The van der Waals surface area contributed by atoms with E-state index in [1.54, 1.807) is 34.9 Å². The number of piperazine rings is 1. The molecule has 1 N–H and O–H groups in total. The Bertz CT molecular complexity index is 1690. The zero-order valence-corrected chi connectivity index (χ0v) is 23.3. The van der Waals surface area contributed by atoms with Crippen molar-refractivity contribution < 1.29 is 37.3 Å². The standard InChI is InChI=1S/C28H28F3N7O5/c1-16-11-18(3-4-19(16)26(40)36-7-9-37(10-8-36)27(41)22-12-17(39)15-42-22)43-25-24-33-13-21(38(24)6-5-32-25)20-14-35(2)34-23(20)28(29,30)31/h3-6,11,13-14,17,22,39H,7-10,12,15H2,1-2H3/t17-,22+/m1/s1. The number of amides is 2. The number of ether oxygens (including phenoxy) is 2. The predicted molar refractivity (Wildman–Crippen MR) is 144 cm³/mol. The van der Waals surface area contributed by atoms with Crippen LogP contribution in [0.25, 0.3) is 16.9 Å². The van der Waals surface area contributed by atoms with Crippen LogP contribution in [0.15, 0.2) is 43.0 Å². The SMILES string of the molecule is Cc1cc(Oc2nccn3c(-c4cn(C)nc4C(F)(F)F)cnc23)ccc1C(=O)N1CCN(C(=O)[C@@H]2C[C@@H](O)CO2)CC1. The normalized spacial score (nSPS) is 19.3. The molecular weight excluding hydrogens is 571 g/mol. The summed E-state index contributed by atoms with van der Waals surface area (Å²) in [7, 11) is 1.41. The van der Waals surface area contributed by atoms with Crippen LogP contribution < -0.4 is 4.74 Å². The lowest BCUT2D eigenvalue weighted by molar-refractivity contribution is -0.142. The lowest BCUT2D eigenvalue weighted by atomic mass is 10.1. The van der Waals surface area contributed by atoms with E-state index in [0.717, 1.165) is 4.68 Å². The van der Waals surface area contributed by atoms with Gasteiger partial charge in [-0.1, -0.05) is 0 Å². The summed E-state index contributed by atoms with van der Waals surface area (Å²) in [5, 5.41) is 13.2. The van der Waals surface area contributed by atoms with Crippen LogP contribution in [-0.4, -0.2) is 95.9 Å². The molecule has 4 aromatic rings. The molecular formula is C28H28F3N7O5. The molecule has 226 valence electrons. The molecule has 43 heavy (non-hydrogen) atoms. The minimum atomic E-state index is -4.65. The maximum atomic E-state index is 13.6. The highest BCUT2D eigenvalue weighted by Gasteiger charge is 2.38. The van der Waals surface area contributed by atoms with E-state index in [1.807, 2.05) is 0 Å². The van der Waals surface area contributed by atoms with E-state index in [9.17, 15) is 27.9 Å². The lowest BCUT2D eigenvalue weighted by Gasteiger charge is -2.36. The summed E-state index contributed by atoms with van der Waals surface area (Å²) >= 11 is 0. The first-order chi connectivity index (χ1) is 20.5. The quantitative estimate of drug-likeness (QED) is 0.371. The fourth-order valence-corrected chi connectivity index (χ4v) is 5.39. The Morgan fingerprint density at radius 1 is 1.12 bits per heavy atom. The zero-order chi connectivity index (χ0) is 30.5. The number of halogens is 3. The minimum Gasteiger partial charge on any atom is -0.436 e. The summed E-state index contributed by atoms with van der Waals surface area (Å²) in [5.41, 5.74) is 0.347. The number of nitrogens with zero attached hydrogens (tertiary/aromatic N) is 7. The van der Waals surface area contributed by atoms with Crippen molar-refractivity contribution in [2.45, 2.75) is 31.7 Å². The van der Waals surface area contributed by atoms with Crippen LogP contribution in [0.1, 0.15) is 28.0 Å². The molecule has 2 aliphatic rings. The monoisotopic (exact) mass is 599 g/mol. The third-order valence-corrected chi connectivity index (χ3v) is 7.54. The number of hydrogen-bond acceptors (Lipinski definition) is 8. The van der Waals surface area contributed by atoms with Gasteiger partial charge in [-0.3, -0.25) is 18.7 Å². The van der Waals surface area contributed by atoms with Crippen molar-refractivity contribution in [3.63, 3.8) is 0 Å². The van der Waals surface area contributed by atoms with Crippen molar-refractivity contribution in [2.75, 3.05) is 32.8 Å². The number of aliphatic hydroxyl groups excluding tert-OH is 1. The Labute approximate surface area is 243 Å². The summed E-state index contributed by atoms with van der Waals surface area (Å²) in [5.74, 6) is 0.0875. The first-order valence-electron chi connectivity index (χ1n) is 13.6. The second kappa shape index (κ2) is 11.0. The molecule has 2 saturated heterocycles. The number of carbonyl (C=O) groups excluding carboxylic acids is 2. The van der Waals surface area contributed by atoms with Crippen LogP contribution in [0.2, 0.25) is 0 Å². The number of aryl methyl sites for hydroxylation is 2. The number of alkyl halides is 3. The molecule has 1 aromatic carbocycles. The highest BCUT2D eigenvalue weighted by Crippen LogP contribution is 2.37. The molecule has 2 fully saturated rings. The Morgan fingerprint density at radius 2 is 1.86 bits per heavy atom. The third kappa shape index (κ3) is 5.52. The summed E-state index contributed by atoms with van der Waals surface area (Å²) in [6.45, 7) is 3.37. The smallest absolute Gasteiger partial charge is 0.435 e. The molecule has 15 heteroatoms. The van der Waals surface area contributed by atoms with Gasteiger partial charge in [0.05, 0.1) is 30.2 Å². The van der Waals surface area contributed by atoms with Gasteiger partial charge >= 0.3 is 6.18 Å². The van der Waals surface area contributed by atoms with Gasteiger partial charge in [0.25, 0.3) is 17.7 Å². The molecule has 0 saturated carbocycles. The fraction of sp³-hybridized carbons (Fsp3) is 0.393. The van der Waals surface area contributed by atoms with Crippen molar-refractivity contribution in [1.29, 1.82) is 0 Å². The summed E-state index contributed by atoms with van der Waals surface area (Å²) in [6, 6.07) is 4.93. The fourth-order valence-electron chi connectivity index (χ4n) is 5.39. The maximum Gasteiger partial charge on any atom is 0.435 e. The topological polar surface area (TPSA) is 127 Å². The zero-order valence-electron chi connectivity index (χ0n) is 23.3. The van der Waals surface area contributed by atoms with Crippen molar-refractivity contribution in [3.05, 3.63) is 59.8 Å². The first-order valence-corrected chi connectivity index (χ1v) is 13.6. The number of fused-ring (bicyclic) bond motifs is 1. The van der Waals surface area contributed by atoms with Crippen molar-refractivity contribution in [2.24, 2.45) is 7.05 Å². The van der Waals surface area contributed by atoms with Gasteiger partial charge in [0.1, 0.15) is 11.9 Å². The number of aromatic nitrogens is 5. The van der Waals surface area contributed by atoms with E-state index in [4.69, 9.17) is 9.47 Å². The molecule has 0 spiro atoms. The number of aliphatic hydroxyl groups is 1. The number of carbonyl (C=O) groups is 2. The summed E-state index contributed by atoms with van der Waals surface area (Å²) < 4.78 is 54.6. The number of rotatable bonds is 5. The molecule has 0 bridgehead atoms. The molecule has 0 radical (unpaired) electrons. The van der Waals surface area contributed by atoms with Gasteiger partial charge in [0.2, 0.25) is 5.65 Å². The Kier molecular flexibility index (Phi) is 7.30. The Hall–Kier alpha value is -4.50. The van der Waals surface area contributed by atoms with Crippen LogP contribution in [0.5, 0.6) is 11.6 Å². The van der Waals surface area contributed by atoms with E-state index in [0.29, 0.717) is 43.1 Å². The van der Waals surface area contributed by atoms with Crippen LogP contribution in [-0.2, 0) is 22.8 Å². The maximum absolute atomic E-state index is 13.6. The van der Waals surface area contributed by atoms with Crippen molar-refractivity contribution in [3.8, 4) is 22.9 Å². The lowest BCUT2D eigenvalue weighted by Crippen LogP contribution is -2.53. The van der Waals surface area contributed by atoms with Gasteiger partial charge < -0.3 is 24.4 Å². The molecule has 6 rings (SSSR count). The van der Waals surface area contributed by atoms with Crippen LogP contribution >= 0.6 is 0 Å². The highest BCUT2D eigenvalue weighted by atomic mass is 19.4. The van der Waals surface area contributed by atoms with Crippen LogP contribution in [0, 0.1) is 6.92 Å². The highest BCUT2D eigenvalue weighted by molar-refractivity contribution is 5.96. The van der Waals surface area contributed by atoms with E-state index in [2.05, 4.69) is 15.1 Å². The summed E-state index contributed by atoms with van der Waals surface area (Å²) in [6.07, 6.45) is -0.181. The first kappa shape index (κ1) is 28.6. The predicted octanol–water partition coefficient (Wildman–Crippen LogP) is 2.68. The van der Waals surface area contributed by atoms with Gasteiger partial charge in [0, 0.05) is 63.8 Å². The average molecular weight is 600 g/mol. The average Bonchev–Trinajstić information content (AvgIpc) is 3.71. The van der Waals surface area contributed by atoms with Gasteiger partial charge in [-0.2, -0.15) is 18.3 Å². The van der Waals surface area contributed by atoms with Crippen molar-refractivity contribution >= 4 is 17.5 Å². The molecule has 3 aromatic heterocycles. The Morgan fingerprint density at radius 3 is 2.53 bits per heavy atom. The van der Waals surface area contributed by atoms with Crippen molar-refractivity contribution in [1.82, 2.24) is 33.9 Å². The largest absolute Gasteiger partial charge is 0.436 e. The van der Waals surface area contributed by atoms with Crippen LogP contribution in [0.4, 0.5) is 13.2 Å². The molecule has 0 aliphatic carbocycles. The van der Waals surface area contributed by atoms with E-state index in [1.165, 1.54) is 36.2 Å². The Balaban J connectivity index is 1.16. The minimum absolute atomic E-state index is 0.0734. The number of hydrogen-bond donors (Lipinski definition) is 1. The van der Waals surface area contributed by atoms with Gasteiger partial charge in [-0.25, -0.2) is 9.97 Å². The molecule has 2 aliphatic heterocycles. The molecule has 12 nitrogen and oxygen atoms in total. The summed E-state index contributed by atoms with van der Waals surface area (Å²) in [4.78, 5) is 37.8. The third-order valence-electron chi connectivity index (χ3n) is 7.54. The van der Waals surface area contributed by atoms with Crippen LogP contribution in [0.3, 0.4) is 0 Å². The molecule has 2 amide bonds. The van der Waals surface area contributed by atoms with E-state index < -0.39 is 24.1 Å².